The molecule has 0 amide bonds. The highest BCUT2D eigenvalue weighted by Gasteiger charge is 2.27. The molecule has 59 heavy (non-hydrogen) atoms. The van der Waals surface area contributed by atoms with Crippen molar-refractivity contribution in [3.05, 3.63) is 107 Å². The van der Waals surface area contributed by atoms with Crippen molar-refractivity contribution in [1.29, 1.82) is 0 Å². The number of Topliss-reactive ketones (excluding diaryl/α,β-unsaturated/α-hetero) is 1. The van der Waals surface area contributed by atoms with Gasteiger partial charge in [-0.3, -0.25) is 4.79 Å². The van der Waals surface area contributed by atoms with Crippen molar-refractivity contribution in [2.45, 2.75) is 56.8 Å². The average Bonchev–Trinajstić information content (AvgIpc) is 3.61. The standard InChI is InChI=1S/C45H50N4O9S/c1-10-58-26-41-47-42-43(49(41)25-32-13-17-35(54-6)22-39(32)57-9)44(59-40-18-14-29(28(3)50)19-36(40)51)27(2)46-45(42)48(23-30-11-15-33(52-4)20-37(30)55-7)24-31-12-16-34(53-5)21-38(31)56-8/h11-22,51H,10,23-26H2,1-9H3. The minimum atomic E-state index is -0.143. The first kappa shape index (κ1) is 42.5. The van der Waals surface area contributed by atoms with Crippen LogP contribution in [0, 0.1) is 6.92 Å². The summed E-state index contributed by atoms with van der Waals surface area (Å²) in [5.41, 5.74) is 5.14. The van der Waals surface area contributed by atoms with E-state index >= 15 is 0 Å². The molecule has 0 saturated heterocycles. The zero-order valence-corrected chi connectivity index (χ0v) is 35.7. The van der Waals surface area contributed by atoms with Crippen LogP contribution in [-0.2, 0) is 31.0 Å². The molecule has 0 radical (unpaired) electrons. The van der Waals surface area contributed by atoms with Crippen LogP contribution >= 0.6 is 11.8 Å². The number of hydrogen-bond donors (Lipinski definition) is 1. The molecule has 0 aliphatic carbocycles. The molecule has 0 bridgehead atoms. The van der Waals surface area contributed by atoms with Gasteiger partial charge in [-0.05, 0) is 69.3 Å². The van der Waals surface area contributed by atoms with Gasteiger partial charge in [0.2, 0.25) is 0 Å². The van der Waals surface area contributed by atoms with Crippen molar-refractivity contribution in [2.75, 3.05) is 54.2 Å². The number of nitrogens with zero attached hydrogens (tertiary/aromatic N) is 4. The Bertz CT molecular complexity index is 2390. The van der Waals surface area contributed by atoms with E-state index in [4.69, 9.17) is 43.1 Å². The van der Waals surface area contributed by atoms with Crippen molar-refractivity contribution >= 4 is 34.4 Å². The number of anilines is 1. The molecule has 0 spiro atoms. The van der Waals surface area contributed by atoms with Gasteiger partial charge in [0.25, 0.3) is 0 Å². The lowest BCUT2D eigenvalue weighted by Crippen LogP contribution is -2.25. The van der Waals surface area contributed by atoms with Gasteiger partial charge in [0.05, 0.1) is 70.2 Å². The lowest BCUT2D eigenvalue weighted by Gasteiger charge is -2.27. The van der Waals surface area contributed by atoms with E-state index in [1.807, 2.05) is 68.4 Å². The van der Waals surface area contributed by atoms with Crippen molar-refractivity contribution in [1.82, 2.24) is 14.5 Å². The summed E-state index contributed by atoms with van der Waals surface area (Å²) >= 11 is 1.35. The SMILES string of the molecule is CCOCc1nc2c(N(Cc3ccc(OC)cc3OC)Cc3ccc(OC)cc3OC)nc(C)c(Sc3ccc(C(C)=O)cc3O)c2n1Cc1ccc(OC)cc1OC. The first-order valence-electron chi connectivity index (χ1n) is 18.9. The van der Waals surface area contributed by atoms with E-state index in [1.165, 1.54) is 24.8 Å². The number of ketones is 1. The van der Waals surface area contributed by atoms with Crippen LogP contribution in [-0.4, -0.2) is 74.7 Å². The zero-order valence-electron chi connectivity index (χ0n) is 34.9. The Balaban J connectivity index is 1.64. The summed E-state index contributed by atoms with van der Waals surface area (Å²) in [6.07, 6.45) is 0. The van der Waals surface area contributed by atoms with Gasteiger partial charge in [0.1, 0.15) is 58.2 Å². The number of hydrogen-bond acceptors (Lipinski definition) is 13. The summed E-state index contributed by atoms with van der Waals surface area (Å²) < 4.78 is 42.4. The van der Waals surface area contributed by atoms with Gasteiger partial charge < -0.3 is 47.7 Å². The molecular formula is C45H50N4O9S. The highest BCUT2D eigenvalue weighted by Crippen LogP contribution is 2.44. The Morgan fingerprint density at radius 3 is 1.76 bits per heavy atom. The lowest BCUT2D eigenvalue weighted by molar-refractivity contribution is 0.101. The lowest BCUT2D eigenvalue weighted by atomic mass is 10.1. The summed E-state index contributed by atoms with van der Waals surface area (Å²) in [5.74, 6) is 5.04. The second-order valence-corrected chi connectivity index (χ2v) is 14.6. The molecule has 2 heterocycles. The van der Waals surface area contributed by atoms with E-state index in [-0.39, 0.29) is 18.1 Å². The molecule has 0 fully saturated rings. The predicted octanol–water partition coefficient (Wildman–Crippen LogP) is 8.64. The van der Waals surface area contributed by atoms with Crippen LogP contribution in [0.3, 0.4) is 0 Å². The third-order valence-corrected chi connectivity index (χ3v) is 11.2. The Hall–Kier alpha value is -6.12. The quantitative estimate of drug-likeness (QED) is 0.0782. The molecule has 0 saturated carbocycles. The third kappa shape index (κ3) is 9.29. The summed E-state index contributed by atoms with van der Waals surface area (Å²) in [7, 11) is 9.76. The number of aryl methyl sites for hydroxylation is 1. The van der Waals surface area contributed by atoms with Crippen LogP contribution in [0.5, 0.6) is 40.2 Å². The predicted molar refractivity (Wildman–Crippen MR) is 227 cm³/mol. The third-order valence-electron chi connectivity index (χ3n) is 9.92. The van der Waals surface area contributed by atoms with Crippen LogP contribution in [0.25, 0.3) is 11.0 Å². The van der Waals surface area contributed by atoms with Gasteiger partial charge in [0, 0.05) is 60.1 Å². The Labute approximate surface area is 348 Å². The minimum absolute atomic E-state index is 0.0171. The molecular weight excluding hydrogens is 773 g/mol. The van der Waals surface area contributed by atoms with E-state index < -0.39 is 0 Å². The molecule has 0 aliphatic rings. The van der Waals surface area contributed by atoms with E-state index in [0.717, 1.165) is 27.1 Å². The number of carbonyl (C=O) groups excluding carboxylic acids is 1. The van der Waals surface area contributed by atoms with Gasteiger partial charge in [-0.1, -0.05) is 17.8 Å². The molecule has 2 aromatic heterocycles. The molecule has 14 heteroatoms. The van der Waals surface area contributed by atoms with Crippen LogP contribution in [0.1, 0.15) is 52.4 Å². The van der Waals surface area contributed by atoms with Gasteiger partial charge in [-0.25, -0.2) is 9.97 Å². The molecule has 4 aromatic carbocycles. The molecule has 310 valence electrons. The number of imidazole rings is 1. The summed E-state index contributed by atoms with van der Waals surface area (Å²) in [6.45, 7) is 7.13. The molecule has 0 atom stereocenters. The Morgan fingerprint density at radius 1 is 0.729 bits per heavy atom. The van der Waals surface area contributed by atoms with Crippen LogP contribution < -0.4 is 33.3 Å². The number of rotatable bonds is 19. The second kappa shape index (κ2) is 19.1. The van der Waals surface area contributed by atoms with Crippen LogP contribution in [0.15, 0.2) is 82.6 Å². The van der Waals surface area contributed by atoms with E-state index in [0.29, 0.717) is 94.1 Å². The number of methoxy groups -OCH3 is 6. The van der Waals surface area contributed by atoms with Gasteiger partial charge >= 0.3 is 0 Å². The number of ether oxygens (including phenoxy) is 7. The number of phenols is 1. The number of phenolic OH excluding ortho intramolecular Hbond substituents is 1. The zero-order chi connectivity index (χ0) is 42.2. The maximum Gasteiger partial charge on any atom is 0.159 e. The summed E-state index contributed by atoms with van der Waals surface area (Å²) in [5, 5.41) is 11.2. The number of carbonyl (C=O) groups is 1. The number of benzene rings is 4. The van der Waals surface area contributed by atoms with Crippen LogP contribution in [0.2, 0.25) is 0 Å². The maximum atomic E-state index is 12.2. The van der Waals surface area contributed by atoms with Crippen molar-refractivity contribution < 1.29 is 43.1 Å². The topological polar surface area (TPSA) is 136 Å². The Morgan fingerprint density at radius 2 is 1.27 bits per heavy atom. The average molecular weight is 823 g/mol. The molecule has 6 aromatic rings. The molecule has 1 N–H and O–H groups in total. The second-order valence-electron chi connectivity index (χ2n) is 13.5. The molecule has 6 rings (SSSR count). The fourth-order valence-electron chi connectivity index (χ4n) is 6.80. The fraction of sp³-hybridized carbons (Fsp3) is 0.311. The molecule has 13 nitrogen and oxygen atoms in total. The van der Waals surface area contributed by atoms with Crippen molar-refractivity contribution in [3.8, 4) is 40.2 Å². The van der Waals surface area contributed by atoms with E-state index in [9.17, 15) is 9.90 Å². The van der Waals surface area contributed by atoms with Crippen molar-refractivity contribution in [3.63, 3.8) is 0 Å². The first-order chi connectivity index (χ1) is 28.5. The number of aromatic hydroxyl groups is 1. The molecule has 0 unspecified atom stereocenters. The van der Waals surface area contributed by atoms with Gasteiger partial charge in [0.15, 0.2) is 11.6 Å². The highest BCUT2D eigenvalue weighted by atomic mass is 32.2. The van der Waals surface area contributed by atoms with E-state index in [2.05, 4.69) is 9.47 Å². The smallest absolute Gasteiger partial charge is 0.159 e. The maximum absolute atomic E-state index is 12.2. The minimum Gasteiger partial charge on any atom is -0.507 e. The van der Waals surface area contributed by atoms with Crippen molar-refractivity contribution in [2.24, 2.45) is 0 Å². The summed E-state index contributed by atoms with van der Waals surface area (Å²) in [4.78, 5) is 26.3. The molecule has 0 aliphatic heterocycles. The largest absolute Gasteiger partial charge is 0.507 e. The van der Waals surface area contributed by atoms with Crippen LogP contribution in [0.4, 0.5) is 5.82 Å². The highest BCUT2D eigenvalue weighted by molar-refractivity contribution is 7.99. The monoisotopic (exact) mass is 822 g/mol. The first-order valence-corrected chi connectivity index (χ1v) is 19.7. The fourth-order valence-corrected chi connectivity index (χ4v) is 7.82. The van der Waals surface area contributed by atoms with Gasteiger partial charge in [-0.2, -0.15) is 0 Å². The number of aromatic nitrogens is 3. The van der Waals surface area contributed by atoms with Gasteiger partial charge in [-0.15, -0.1) is 0 Å². The Kier molecular flexibility index (Phi) is 13.7. The normalized spacial score (nSPS) is 11.1. The number of pyridine rings is 1. The summed E-state index contributed by atoms with van der Waals surface area (Å²) in [6, 6.07) is 22.2. The number of fused-ring (bicyclic) bond motifs is 1. The van der Waals surface area contributed by atoms with E-state index in [1.54, 1.807) is 54.8 Å².